The number of likely N-dealkylation sites (tertiary alicyclic amines) is 1. The van der Waals surface area contributed by atoms with Crippen molar-refractivity contribution in [3.05, 3.63) is 22.9 Å². The topological polar surface area (TPSA) is 51.7 Å². The molecule has 5 nitrogen and oxygen atoms in total. The lowest BCUT2D eigenvalue weighted by molar-refractivity contribution is -0.134. The van der Waals surface area contributed by atoms with Gasteiger partial charge in [0.1, 0.15) is 18.5 Å². The molecule has 1 aliphatic rings. The van der Waals surface area contributed by atoms with Gasteiger partial charge in [-0.15, -0.1) is 0 Å². The zero-order valence-corrected chi connectivity index (χ0v) is 11.7. The summed E-state index contributed by atoms with van der Waals surface area (Å²) in [6.07, 6.45) is 4.24. The summed E-state index contributed by atoms with van der Waals surface area (Å²) in [5.74, 6) is 0.728. The second-order valence-electron chi connectivity index (χ2n) is 4.14. The highest BCUT2D eigenvalue weighted by atomic mass is 79.9. The maximum absolute atomic E-state index is 11.6. The highest BCUT2D eigenvalue weighted by Gasteiger charge is 2.27. The normalized spacial score (nSPS) is 19.0. The number of amides is 1. The van der Waals surface area contributed by atoms with Crippen molar-refractivity contribution in [3.63, 3.8) is 0 Å². The molecule has 0 N–H and O–H groups in total. The maximum Gasteiger partial charge on any atom is 0.248 e. The van der Waals surface area contributed by atoms with E-state index in [4.69, 9.17) is 9.47 Å². The third-order valence-electron chi connectivity index (χ3n) is 2.75. The molecular formula is C12H15BrN2O3. The first-order valence-corrected chi connectivity index (χ1v) is 6.52. The summed E-state index contributed by atoms with van der Waals surface area (Å²) in [5.41, 5.74) is 0. The van der Waals surface area contributed by atoms with Gasteiger partial charge in [0, 0.05) is 30.7 Å². The van der Waals surface area contributed by atoms with Crippen molar-refractivity contribution in [1.29, 1.82) is 0 Å². The highest BCUT2D eigenvalue weighted by Crippen LogP contribution is 2.20. The molecule has 0 bridgehead atoms. The molecule has 0 saturated carbocycles. The monoisotopic (exact) mass is 314 g/mol. The van der Waals surface area contributed by atoms with Gasteiger partial charge in [-0.2, -0.15) is 0 Å². The average molecular weight is 315 g/mol. The number of carbonyl (C=O) groups is 1. The van der Waals surface area contributed by atoms with Crippen LogP contribution in [-0.2, 0) is 9.53 Å². The molecule has 2 heterocycles. The summed E-state index contributed by atoms with van der Waals surface area (Å²) in [4.78, 5) is 17.4. The quantitative estimate of drug-likeness (QED) is 0.844. The second kappa shape index (κ2) is 6.15. The number of nitrogens with zero attached hydrogens (tertiary/aromatic N) is 2. The molecule has 0 aromatic carbocycles. The molecule has 98 valence electrons. The minimum absolute atomic E-state index is 0.0102. The molecule has 1 amide bonds. The fourth-order valence-electron chi connectivity index (χ4n) is 1.91. The Morgan fingerprint density at radius 1 is 1.61 bits per heavy atom. The zero-order valence-electron chi connectivity index (χ0n) is 10.1. The molecule has 1 aromatic rings. The van der Waals surface area contributed by atoms with E-state index in [-0.39, 0.29) is 18.6 Å². The zero-order chi connectivity index (χ0) is 13.0. The predicted molar refractivity (Wildman–Crippen MR) is 69.4 cm³/mol. The molecule has 18 heavy (non-hydrogen) atoms. The van der Waals surface area contributed by atoms with Crippen molar-refractivity contribution >= 4 is 21.8 Å². The third kappa shape index (κ3) is 3.43. The van der Waals surface area contributed by atoms with Gasteiger partial charge in [-0.05, 0) is 22.0 Å². The molecule has 2 rings (SSSR count). The first-order chi connectivity index (χ1) is 8.69. The van der Waals surface area contributed by atoms with Crippen LogP contribution in [0, 0.1) is 0 Å². The highest BCUT2D eigenvalue weighted by molar-refractivity contribution is 9.10. The van der Waals surface area contributed by atoms with E-state index in [0.717, 1.165) is 16.6 Å². The Morgan fingerprint density at radius 3 is 3.17 bits per heavy atom. The van der Waals surface area contributed by atoms with Crippen molar-refractivity contribution in [2.45, 2.75) is 12.5 Å². The number of aromatic nitrogens is 1. The molecule has 1 aliphatic heterocycles. The molecule has 0 aliphatic carbocycles. The van der Waals surface area contributed by atoms with Crippen LogP contribution in [-0.4, -0.2) is 48.7 Å². The van der Waals surface area contributed by atoms with E-state index in [9.17, 15) is 4.79 Å². The molecule has 0 spiro atoms. The lowest BCUT2D eigenvalue weighted by Gasteiger charge is -2.16. The maximum atomic E-state index is 11.6. The van der Waals surface area contributed by atoms with Crippen LogP contribution >= 0.6 is 15.9 Å². The van der Waals surface area contributed by atoms with Crippen LogP contribution in [0.15, 0.2) is 22.9 Å². The number of pyridine rings is 1. The van der Waals surface area contributed by atoms with E-state index in [1.807, 2.05) is 6.07 Å². The van der Waals surface area contributed by atoms with Crippen molar-refractivity contribution in [1.82, 2.24) is 9.88 Å². The van der Waals surface area contributed by atoms with Gasteiger partial charge in [0.05, 0.1) is 12.7 Å². The fourth-order valence-corrected chi connectivity index (χ4v) is 2.26. The van der Waals surface area contributed by atoms with Crippen LogP contribution in [0.2, 0.25) is 0 Å². The molecular weight excluding hydrogens is 300 g/mol. The van der Waals surface area contributed by atoms with E-state index in [1.165, 1.54) is 7.11 Å². The van der Waals surface area contributed by atoms with E-state index >= 15 is 0 Å². The Morgan fingerprint density at radius 2 is 2.44 bits per heavy atom. The fraction of sp³-hybridized carbons (Fsp3) is 0.500. The number of hydrogen-bond donors (Lipinski definition) is 0. The lowest BCUT2D eigenvalue weighted by Crippen LogP contribution is -2.33. The van der Waals surface area contributed by atoms with E-state index in [2.05, 4.69) is 20.9 Å². The summed E-state index contributed by atoms with van der Waals surface area (Å²) >= 11 is 3.34. The van der Waals surface area contributed by atoms with Crippen LogP contribution in [0.3, 0.4) is 0 Å². The van der Waals surface area contributed by atoms with Gasteiger partial charge in [-0.3, -0.25) is 9.78 Å². The Bertz CT molecular complexity index is 428. The summed E-state index contributed by atoms with van der Waals surface area (Å²) in [7, 11) is 1.52. The van der Waals surface area contributed by atoms with Crippen LogP contribution < -0.4 is 4.74 Å². The smallest absolute Gasteiger partial charge is 0.248 e. The van der Waals surface area contributed by atoms with Crippen LogP contribution in [0.5, 0.6) is 5.75 Å². The van der Waals surface area contributed by atoms with E-state index in [1.54, 1.807) is 17.3 Å². The summed E-state index contributed by atoms with van der Waals surface area (Å²) < 4.78 is 11.5. The van der Waals surface area contributed by atoms with E-state index in [0.29, 0.717) is 13.1 Å². The molecule has 6 heteroatoms. The van der Waals surface area contributed by atoms with Gasteiger partial charge < -0.3 is 14.4 Å². The number of rotatable bonds is 4. The first kappa shape index (κ1) is 13.3. The summed E-state index contributed by atoms with van der Waals surface area (Å²) in [6.45, 7) is 1.45. The second-order valence-corrected chi connectivity index (χ2v) is 5.06. The predicted octanol–water partition coefficient (Wildman–Crippen LogP) is 1.47. The molecule has 1 atom stereocenters. The van der Waals surface area contributed by atoms with E-state index < -0.39 is 0 Å². The summed E-state index contributed by atoms with van der Waals surface area (Å²) in [6, 6.07) is 1.87. The van der Waals surface area contributed by atoms with Gasteiger partial charge in [-0.25, -0.2) is 0 Å². The van der Waals surface area contributed by atoms with Gasteiger partial charge in [-0.1, -0.05) is 0 Å². The Labute approximate surface area is 114 Å². The van der Waals surface area contributed by atoms with Crippen molar-refractivity contribution < 1.29 is 14.3 Å². The molecule has 0 radical (unpaired) electrons. The molecule has 1 aromatic heterocycles. The van der Waals surface area contributed by atoms with Crippen molar-refractivity contribution in [2.75, 3.05) is 26.8 Å². The number of methoxy groups -OCH3 is 1. The molecule has 1 saturated heterocycles. The number of hydrogen-bond acceptors (Lipinski definition) is 4. The van der Waals surface area contributed by atoms with Crippen LogP contribution in [0.25, 0.3) is 0 Å². The Kier molecular flexibility index (Phi) is 4.54. The minimum atomic E-state index is 0.0102. The Balaban J connectivity index is 1.88. The summed E-state index contributed by atoms with van der Waals surface area (Å²) in [5, 5.41) is 0. The molecule has 1 fully saturated rings. The van der Waals surface area contributed by atoms with Crippen molar-refractivity contribution in [2.24, 2.45) is 0 Å². The number of carbonyl (C=O) groups excluding carboxylic acids is 1. The third-order valence-corrected chi connectivity index (χ3v) is 3.18. The van der Waals surface area contributed by atoms with Gasteiger partial charge in [0.2, 0.25) is 5.91 Å². The van der Waals surface area contributed by atoms with Gasteiger partial charge in [0.25, 0.3) is 0 Å². The Hall–Kier alpha value is -1.14. The first-order valence-electron chi connectivity index (χ1n) is 5.73. The standard InChI is InChI=1S/C12H15BrN2O3/c1-17-8-12(16)15-3-2-10(7-15)18-11-4-9(13)5-14-6-11/h4-6,10H,2-3,7-8H2,1H3/t10-/m0/s1. The van der Waals surface area contributed by atoms with Crippen molar-refractivity contribution in [3.8, 4) is 5.75 Å². The lowest BCUT2D eigenvalue weighted by atomic mass is 10.3. The van der Waals surface area contributed by atoms with Gasteiger partial charge in [0.15, 0.2) is 0 Å². The van der Waals surface area contributed by atoms with Crippen LogP contribution in [0.1, 0.15) is 6.42 Å². The average Bonchev–Trinajstić information content (AvgIpc) is 2.78. The number of ether oxygens (including phenoxy) is 2. The van der Waals surface area contributed by atoms with Crippen LogP contribution in [0.4, 0.5) is 0 Å². The number of halogens is 1. The largest absolute Gasteiger partial charge is 0.487 e. The SMILES string of the molecule is COCC(=O)N1CC[C@H](Oc2cncc(Br)c2)C1. The minimum Gasteiger partial charge on any atom is -0.487 e. The molecule has 0 unspecified atom stereocenters. The van der Waals surface area contributed by atoms with Gasteiger partial charge >= 0.3 is 0 Å².